The molecular formula is C20H28N2O2. The molecule has 0 radical (unpaired) electrons. The smallest absolute Gasteiger partial charge is 0.256 e. The number of rotatable bonds is 5. The Labute approximate surface area is 145 Å². The van der Waals surface area contributed by atoms with Crippen LogP contribution < -0.4 is 14.5 Å². The van der Waals surface area contributed by atoms with Gasteiger partial charge in [-0.25, -0.2) is 0 Å². The maximum Gasteiger partial charge on any atom is 0.256 e. The van der Waals surface area contributed by atoms with Crippen LogP contribution in [-0.2, 0) is 4.79 Å². The number of ether oxygens (including phenoxy) is 1. The number of hydrogen-bond donors (Lipinski definition) is 0. The van der Waals surface area contributed by atoms with Gasteiger partial charge in [0.25, 0.3) is 5.91 Å². The van der Waals surface area contributed by atoms with Crippen molar-refractivity contribution in [3.05, 3.63) is 30.4 Å². The third kappa shape index (κ3) is 2.90. The van der Waals surface area contributed by atoms with Crippen LogP contribution in [0.25, 0.3) is 0 Å². The minimum absolute atomic E-state index is 0.0687. The van der Waals surface area contributed by atoms with E-state index in [1.165, 1.54) is 31.4 Å². The Bertz CT molecular complexity index is 639. The summed E-state index contributed by atoms with van der Waals surface area (Å²) in [5.41, 5.74) is 2.97. The molecule has 2 aliphatic heterocycles. The molecule has 2 aliphatic rings. The normalized spacial score (nSPS) is 19.5. The van der Waals surface area contributed by atoms with Crippen molar-refractivity contribution in [1.82, 2.24) is 0 Å². The molecule has 1 fully saturated rings. The third-order valence-electron chi connectivity index (χ3n) is 5.29. The van der Waals surface area contributed by atoms with Crippen molar-refractivity contribution < 1.29 is 9.53 Å². The van der Waals surface area contributed by atoms with Gasteiger partial charge >= 0.3 is 0 Å². The fourth-order valence-corrected chi connectivity index (χ4v) is 4.11. The van der Waals surface area contributed by atoms with Gasteiger partial charge in [0.1, 0.15) is 12.4 Å². The Morgan fingerprint density at radius 1 is 1.21 bits per heavy atom. The molecule has 1 aromatic carbocycles. The maximum absolute atomic E-state index is 12.3. The predicted octanol–water partition coefficient (Wildman–Crippen LogP) is 4.00. The van der Waals surface area contributed by atoms with Crippen LogP contribution in [0, 0.1) is 5.41 Å². The van der Waals surface area contributed by atoms with Gasteiger partial charge in [0.15, 0.2) is 0 Å². The second kappa shape index (κ2) is 6.50. The van der Waals surface area contributed by atoms with Crippen molar-refractivity contribution in [3.8, 4) is 5.75 Å². The molecule has 0 unspecified atom stereocenters. The molecular weight excluding hydrogens is 300 g/mol. The largest absolute Gasteiger partial charge is 0.487 e. The number of hydrogen-bond acceptors (Lipinski definition) is 3. The molecule has 0 N–H and O–H groups in total. The molecule has 0 aromatic heterocycles. The first kappa shape index (κ1) is 16.9. The second-order valence-corrected chi connectivity index (χ2v) is 7.26. The first-order chi connectivity index (χ1) is 11.5. The number of likely N-dealkylation sites (N-methyl/N-ethyl adjacent to an activating group) is 1. The third-order valence-corrected chi connectivity index (χ3v) is 5.29. The number of benzene rings is 1. The molecule has 130 valence electrons. The minimum Gasteiger partial charge on any atom is -0.487 e. The van der Waals surface area contributed by atoms with Gasteiger partial charge < -0.3 is 14.5 Å². The maximum atomic E-state index is 12.3. The lowest BCUT2D eigenvalue weighted by molar-refractivity contribution is -0.115. The van der Waals surface area contributed by atoms with Crippen LogP contribution in [0.15, 0.2) is 30.4 Å². The lowest BCUT2D eigenvalue weighted by Gasteiger charge is -2.52. The highest BCUT2D eigenvalue weighted by Gasteiger charge is 2.41. The zero-order valence-corrected chi connectivity index (χ0v) is 15.1. The van der Waals surface area contributed by atoms with Crippen molar-refractivity contribution in [2.75, 3.05) is 36.5 Å². The van der Waals surface area contributed by atoms with E-state index in [9.17, 15) is 4.79 Å². The summed E-state index contributed by atoms with van der Waals surface area (Å²) in [4.78, 5) is 16.4. The molecule has 0 atom stereocenters. The van der Waals surface area contributed by atoms with Crippen LogP contribution in [0.3, 0.4) is 0 Å². The molecule has 24 heavy (non-hydrogen) atoms. The molecule has 1 saturated heterocycles. The average molecular weight is 328 g/mol. The summed E-state index contributed by atoms with van der Waals surface area (Å²) in [5.74, 6) is 0.683. The molecule has 4 nitrogen and oxygen atoms in total. The molecule has 0 spiro atoms. The fourth-order valence-electron chi connectivity index (χ4n) is 4.11. The van der Waals surface area contributed by atoms with Gasteiger partial charge in [-0.05, 0) is 31.0 Å². The van der Waals surface area contributed by atoms with Crippen LogP contribution >= 0.6 is 0 Å². The molecule has 2 heterocycles. The SMILES string of the molecule is C=C1COc2ccc(N3CC(CCC)(CCC)C3)cc2N(C)C1=O. The lowest BCUT2D eigenvalue weighted by atomic mass is 9.72. The average Bonchev–Trinajstić information content (AvgIpc) is 2.65. The molecule has 1 amide bonds. The molecule has 0 bridgehead atoms. The standard InChI is InChI=1S/C20H28N2O2/c1-5-9-20(10-6-2)13-22(14-20)16-7-8-18-17(11-16)21(4)19(23)15(3)12-24-18/h7-8,11H,3,5-6,9-10,12-14H2,1-2,4H3. The van der Waals surface area contributed by atoms with E-state index in [0.717, 1.165) is 24.5 Å². The van der Waals surface area contributed by atoms with Gasteiger partial charge in [-0.15, -0.1) is 0 Å². The summed E-state index contributed by atoms with van der Waals surface area (Å²) >= 11 is 0. The van der Waals surface area contributed by atoms with Crippen molar-refractivity contribution in [2.45, 2.75) is 39.5 Å². The molecule has 0 saturated carbocycles. The summed E-state index contributed by atoms with van der Waals surface area (Å²) < 4.78 is 5.73. The molecule has 4 heteroatoms. The summed E-state index contributed by atoms with van der Waals surface area (Å²) in [6, 6.07) is 6.16. The zero-order chi connectivity index (χ0) is 17.3. The van der Waals surface area contributed by atoms with Gasteiger partial charge in [0.2, 0.25) is 0 Å². The predicted molar refractivity (Wildman–Crippen MR) is 98.9 cm³/mol. The minimum atomic E-state index is -0.0687. The summed E-state index contributed by atoms with van der Waals surface area (Å²) in [6.45, 7) is 10.8. The lowest BCUT2D eigenvalue weighted by Crippen LogP contribution is -2.56. The zero-order valence-electron chi connectivity index (χ0n) is 15.1. The summed E-state index contributed by atoms with van der Waals surface area (Å²) in [5, 5.41) is 0. The van der Waals surface area contributed by atoms with Crippen LogP contribution in [0.1, 0.15) is 39.5 Å². The number of amides is 1. The molecule has 3 rings (SSSR count). The van der Waals surface area contributed by atoms with E-state index in [1.807, 2.05) is 6.07 Å². The van der Waals surface area contributed by atoms with Gasteiger partial charge in [-0.2, -0.15) is 0 Å². The molecule has 0 aliphatic carbocycles. The van der Waals surface area contributed by atoms with E-state index in [1.54, 1.807) is 11.9 Å². The number of carbonyl (C=O) groups excluding carboxylic acids is 1. The van der Waals surface area contributed by atoms with Gasteiger partial charge in [-0.3, -0.25) is 4.79 Å². The van der Waals surface area contributed by atoms with Crippen LogP contribution in [0.5, 0.6) is 5.75 Å². The van der Waals surface area contributed by atoms with Crippen LogP contribution in [-0.4, -0.2) is 32.7 Å². The van der Waals surface area contributed by atoms with Crippen LogP contribution in [0.4, 0.5) is 11.4 Å². The van der Waals surface area contributed by atoms with Gasteiger partial charge in [0.05, 0.1) is 5.69 Å². The molecule has 1 aromatic rings. The Balaban J connectivity index is 1.80. The highest BCUT2D eigenvalue weighted by molar-refractivity contribution is 6.06. The van der Waals surface area contributed by atoms with Crippen LogP contribution in [0.2, 0.25) is 0 Å². The Morgan fingerprint density at radius 2 is 1.88 bits per heavy atom. The topological polar surface area (TPSA) is 32.8 Å². The van der Waals surface area contributed by atoms with E-state index in [0.29, 0.717) is 11.0 Å². The number of carbonyl (C=O) groups is 1. The first-order valence-electron chi connectivity index (χ1n) is 8.97. The first-order valence-corrected chi connectivity index (χ1v) is 8.97. The van der Waals surface area contributed by atoms with Gasteiger partial charge in [0, 0.05) is 36.8 Å². The monoisotopic (exact) mass is 328 g/mol. The van der Waals surface area contributed by atoms with Crippen molar-refractivity contribution in [1.29, 1.82) is 0 Å². The highest BCUT2D eigenvalue weighted by atomic mass is 16.5. The van der Waals surface area contributed by atoms with Crippen molar-refractivity contribution in [2.24, 2.45) is 5.41 Å². The number of fused-ring (bicyclic) bond motifs is 1. The quantitative estimate of drug-likeness (QED) is 0.766. The second-order valence-electron chi connectivity index (χ2n) is 7.26. The fraction of sp³-hybridized carbons (Fsp3) is 0.550. The summed E-state index contributed by atoms with van der Waals surface area (Å²) in [6.07, 6.45) is 5.07. The number of nitrogens with zero attached hydrogens (tertiary/aromatic N) is 2. The van der Waals surface area contributed by atoms with Crippen molar-refractivity contribution in [3.63, 3.8) is 0 Å². The Morgan fingerprint density at radius 3 is 2.50 bits per heavy atom. The number of anilines is 2. The van der Waals surface area contributed by atoms with E-state index < -0.39 is 0 Å². The summed E-state index contributed by atoms with van der Waals surface area (Å²) in [7, 11) is 1.79. The van der Waals surface area contributed by atoms with E-state index in [4.69, 9.17) is 4.74 Å². The Hall–Kier alpha value is -1.97. The highest BCUT2D eigenvalue weighted by Crippen LogP contribution is 2.44. The van der Waals surface area contributed by atoms with E-state index in [-0.39, 0.29) is 12.5 Å². The Kier molecular flexibility index (Phi) is 4.57. The van der Waals surface area contributed by atoms with E-state index in [2.05, 4.69) is 37.5 Å². The van der Waals surface area contributed by atoms with E-state index >= 15 is 0 Å². The van der Waals surface area contributed by atoms with Gasteiger partial charge in [-0.1, -0.05) is 33.3 Å². The van der Waals surface area contributed by atoms with Crippen molar-refractivity contribution >= 4 is 17.3 Å².